The average molecular weight is 240 g/mol. The zero-order valence-corrected chi connectivity index (χ0v) is 12.1. The molecule has 0 spiro atoms. The minimum atomic E-state index is -0.0387. The van der Waals surface area contributed by atoms with E-state index in [0.717, 1.165) is 18.8 Å². The Morgan fingerprint density at radius 2 is 1.76 bits per heavy atom. The van der Waals surface area contributed by atoms with Crippen LogP contribution in [0.25, 0.3) is 0 Å². The fourth-order valence-electron chi connectivity index (χ4n) is 2.55. The molecular weight excluding hydrogens is 212 g/mol. The Morgan fingerprint density at radius 3 is 2.18 bits per heavy atom. The molecule has 0 N–H and O–H groups in total. The maximum Gasteiger partial charge on any atom is 0.308 e. The minimum absolute atomic E-state index is 0.000179. The van der Waals surface area contributed by atoms with Crippen LogP contribution in [0.5, 0.6) is 0 Å². The van der Waals surface area contributed by atoms with Crippen molar-refractivity contribution in [1.82, 2.24) is 0 Å². The van der Waals surface area contributed by atoms with E-state index in [9.17, 15) is 4.79 Å². The smallest absolute Gasteiger partial charge is 0.308 e. The summed E-state index contributed by atoms with van der Waals surface area (Å²) in [4.78, 5) is 11.5. The Morgan fingerprint density at radius 1 is 1.24 bits per heavy atom. The molecule has 2 nitrogen and oxygen atoms in total. The van der Waals surface area contributed by atoms with Crippen LogP contribution in [0.15, 0.2) is 0 Å². The van der Waals surface area contributed by atoms with Crippen molar-refractivity contribution in [2.24, 2.45) is 17.3 Å². The third-order valence-corrected chi connectivity index (χ3v) is 4.44. The largest absolute Gasteiger partial charge is 0.462 e. The lowest BCUT2D eigenvalue weighted by molar-refractivity contribution is -0.155. The van der Waals surface area contributed by atoms with E-state index in [1.807, 2.05) is 13.8 Å². The lowest BCUT2D eigenvalue weighted by Crippen LogP contribution is -2.32. The van der Waals surface area contributed by atoms with Crippen molar-refractivity contribution in [3.05, 3.63) is 0 Å². The van der Waals surface area contributed by atoms with Crippen molar-refractivity contribution in [3.8, 4) is 0 Å². The highest BCUT2D eigenvalue weighted by molar-refractivity contribution is 5.71. The summed E-state index contributed by atoms with van der Waals surface area (Å²) in [6.07, 6.45) is 5.91. The van der Waals surface area contributed by atoms with E-state index in [1.165, 1.54) is 19.3 Å². The molecule has 1 saturated carbocycles. The Hall–Kier alpha value is -0.530. The zero-order chi connectivity index (χ0) is 13.1. The first-order valence-electron chi connectivity index (χ1n) is 7.07. The number of esters is 1. The Balaban J connectivity index is 2.38. The predicted octanol–water partition coefficient (Wildman–Crippen LogP) is 4.18. The fourth-order valence-corrected chi connectivity index (χ4v) is 2.55. The van der Waals surface area contributed by atoms with Crippen LogP contribution in [0.1, 0.15) is 66.7 Å². The van der Waals surface area contributed by atoms with E-state index in [2.05, 4.69) is 20.8 Å². The molecule has 0 aromatic rings. The van der Waals surface area contributed by atoms with E-state index >= 15 is 0 Å². The van der Waals surface area contributed by atoms with Gasteiger partial charge in [-0.15, -0.1) is 0 Å². The van der Waals surface area contributed by atoms with Gasteiger partial charge in [0.2, 0.25) is 0 Å². The van der Waals surface area contributed by atoms with Crippen LogP contribution in [-0.2, 0) is 9.53 Å². The standard InChI is InChI=1S/C15H28O2/c1-6-15(4,5)12-7-9-13(10-8-12)17-14(16)11(2)3/h11-13H,6-10H2,1-5H3. The lowest BCUT2D eigenvalue weighted by atomic mass is 9.69. The van der Waals surface area contributed by atoms with Crippen molar-refractivity contribution in [3.63, 3.8) is 0 Å². The SMILES string of the molecule is CCC(C)(C)C1CCC(OC(=O)C(C)C)CC1. The molecule has 0 bridgehead atoms. The summed E-state index contributed by atoms with van der Waals surface area (Å²) >= 11 is 0. The molecule has 0 radical (unpaired) electrons. The number of hydrogen-bond donors (Lipinski definition) is 0. The van der Waals surface area contributed by atoms with Gasteiger partial charge in [0, 0.05) is 0 Å². The summed E-state index contributed by atoms with van der Waals surface area (Å²) in [6.45, 7) is 10.8. The van der Waals surface area contributed by atoms with Crippen LogP contribution in [0, 0.1) is 17.3 Å². The van der Waals surface area contributed by atoms with Gasteiger partial charge in [-0.3, -0.25) is 4.79 Å². The maximum atomic E-state index is 11.5. The summed E-state index contributed by atoms with van der Waals surface area (Å²) in [7, 11) is 0. The van der Waals surface area contributed by atoms with Gasteiger partial charge in [0.1, 0.15) is 6.10 Å². The molecule has 0 heterocycles. The van der Waals surface area contributed by atoms with Crippen molar-refractivity contribution in [2.45, 2.75) is 72.8 Å². The number of carbonyl (C=O) groups excluding carboxylic acids is 1. The summed E-state index contributed by atoms with van der Waals surface area (Å²) < 4.78 is 5.51. The van der Waals surface area contributed by atoms with Crippen LogP contribution in [0.4, 0.5) is 0 Å². The highest BCUT2D eigenvalue weighted by Gasteiger charge is 2.33. The molecule has 100 valence electrons. The minimum Gasteiger partial charge on any atom is -0.462 e. The van der Waals surface area contributed by atoms with Crippen LogP contribution in [0.2, 0.25) is 0 Å². The second-order valence-electron chi connectivity index (χ2n) is 6.41. The quantitative estimate of drug-likeness (QED) is 0.689. The Kier molecular flexibility index (Phi) is 5.03. The second kappa shape index (κ2) is 5.88. The van der Waals surface area contributed by atoms with Gasteiger partial charge in [0.15, 0.2) is 0 Å². The molecular formula is C15H28O2. The average Bonchev–Trinajstić information content (AvgIpc) is 2.29. The lowest BCUT2D eigenvalue weighted by Gasteiger charge is -2.38. The number of ether oxygens (including phenoxy) is 1. The molecule has 0 amide bonds. The molecule has 2 heteroatoms. The fraction of sp³-hybridized carbons (Fsp3) is 0.933. The zero-order valence-electron chi connectivity index (χ0n) is 12.1. The molecule has 1 fully saturated rings. The highest BCUT2D eigenvalue weighted by atomic mass is 16.5. The van der Waals surface area contributed by atoms with Gasteiger partial charge in [0.25, 0.3) is 0 Å². The van der Waals surface area contributed by atoms with Crippen LogP contribution in [0.3, 0.4) is 0 Å². The molecule has 0 aliphatic heterocycles. The third kappa shape index (κ3) is 4.01. The van der Waals surface area contributed by atoms with Crippen molar-refractivity contribution in [2.75, 3.05) is 0 Å². The van der Waals surface area contributed by atoms with Gasteiger partial charge < -0.3 is 4.74 Å². The van der Waals surface area contributed by atoms with Gasteiger partial charge in [-0.1, -0.05) is 41.0 Å². The number of rotatable bonds is 4. The van der Waals surface area contributed by atoms with Gasteiger partial charge in [-0.05, 0) is 37.0 Å². The van der Waals surface area contributed by atoms with Gasteiger partial charge in [0.05, 0.1) is 5.92 Å². The van der Waals surface area contributed by atoms with Crippen LogP contribution in [-0.4, -0.2) is 12.1 Å². The highest BCUT2D eigenvalue weighted by Crippen LogP contribution is 2.41. The molecule has 0 atom stereocenters. The van der Waals surface area contributed by atoms with Gasteiger partial charge in [-0.2, -0.15) is 0 Å². The van der Waals surface area contributed by atoms with E-state index in [4.69, 9.17) is 4.74 Å². The Labute approximate surface area is 106 Å². The normalized spacial score (nSPS) is 26.0. The molecule has 1 aliphatic rings. The first-order chi connectivity index (χ1) is 7.86. The summed E-state index contributed by atoms with van der Waals surface area (Å²) in [5.74, 6) is 0.754. The molecule has 0 saturated heterocycles. The van der Waals surface area contributed by atoms with Gasteiger partial charge in [-0.25, -0.2) is 0 Å². The molecule has 0 aromatic heterocycles. The maximum absolute atomic E-state index is 11.5. The van der Waals surface area contributed by atoms with E-state index < -0.39 is 0 Å². The number of hydrogen-bond acceptors (Lipinski definition) is 2. The van der Waals surface area contributed by atoms with E-state index in [-0.39, 0.29) is 18.0 Å². The van der Waals surface area contributed by atoms with Crippen LogP contribution < -0.4 is 0 Å². The first kappa shape index (κ1) is 14.5. The summed E-state index contributed by atoms with van der Waals surface area (Å²) in [5, 5.41) is 0. The monoisotopic (exact) mass is 240 g/mol. The molecule has 17 heavy (non-hydrogen) atoms. The van der Waals surface area contributed by atoms with E-state index in [1.54, 1.807) is 0 Å². The molecule has 0 aromatic carbocycles. The first-order valence-corrected chi connectivity index (χ1v) is 7.07. The Bertz CT molecular complexity index is 248. The molecule has 1 rings (SSSR count). The van der Waals surface area contributed by atoms with Gasteiger partial charge >= 0.3 is 5.97 Å². The van der Waals surface area contributed by atoms with Crippen molar-refractivity contribution >= 4 is 5.97 Å². The van der Waals surface area contributed by atoms with Crippen molar-refractivity contribution in [1.29, 1.82) is 0 Å². The molecule has 0 unspecified atom stereocenters. The van der Waals surface area contributed by atoms with E-state index in [0.29, 0.717) is 5.41 Å². The molecule has 1 aliphatic carbocycles. The number of carbonyl (C=O) groups is 1. The predicted molar refractivity (Wildman–Crippen MR) is 70.7 cm³/mol. The summed E-state index contributed by atoms with van der Waals surface area (Å²) in [5.41, 5.74) is 0.438. The second-order valence-corrected chi connectivity index (χ2v) is 6.41. The van der Waals surface area contributed by atoms with Crippen LogP contribution >= 0.6 is 0 Å². The third-order valence-electron chi connectivity index (χ3n) is 4.44. The summed E-state index contributed by atoms with van der Waals surface area (Å²) in [6, 6.07) is 0. The topological polar surface area (TPSA) is 26.3 Å². The van der Waals surface area contributed by atoms with Crippen molar-refractivity contribution < 1.29 is 9.53 Å².